The minimum atomic E-state index is 0.307. The second-order valence-corrected chi connectivity index (χ2v) is 5.59. The molecule has 0 bridgehead atoms. The highest BCUT2D eigenvalue weighted by atomic mass is 79.9. The second kappa shape index (κ2) is 5.88. The maximum absolute atomic E-state index is 5.89. The number of benzene rings is 1. The standard InChI is InChI=1S/C14H14BrClN2O/c1-8-4-11(5-9(2)14(8)15)19-7-13-17-10(3)6-12(16)18-13/h4-6H,7H2,1-3H3. The van der Waals surface area contributed by atoms with E-state index in [-0.39, 0.29) is 0 Å². The number of hydrogen-bond donors (Lipinski definition) is 0. The summed E-state index contributed by atoms with van der Waals surface area (Å²) >= 11 is 9.42. The summed E-state index contributed by atoms with van der Waals surface area (Å²) in [6.45, 7) is 6.25. The molecular formula is C14H14BrClN2O. The fourth-order valence-corrected chi connectivity index (χ4v) is 2.28. The molecule has 0 aliphatic heterocycles. The van der Waals surface area contributed by atoms with Crippen LogP contribution in [0.4, 0.5) is 0 Å². The van der Waals surface area contributed by atoms with Crippen molar-refractivity contribution in [1.82, 2.24) is 9.97 Å². The third-order valence-electron chi connectivity index (χ3n) is 2.65. The van der Waals surface area contributed by atoms with E-state index in [4.69, 9.17) is 16.3 Å². The number of aryl methyl sites for hydroxylation is 3. The molecule has 0 N–H and O–H groups in total. The predicted molar refractivity (Wildman–Crippen MR) is 79.7 cm³/mol. The molecule has 1 aromatic carbocycles. The molecule has 19 heavy (non-hydrogen) atoms. The van der Waals surface area contributed by atoms with Crippen LogP contribution in [0.1, 0.15) is 22.6 Å². The lowest BCUT2D eigenvalue weighted by atomic mass is 10.1. The molecule has 0 atom stereocenters. The van der Waals surface area contributed by atoms with Gasteiger partial charge in [0, 0.05) is 10.2 Å². The Morgan fingerprint density at radius 3 is 2.32 bits per heavy atom. The van der Waals surface area contributed by atoms with E-state index in [1.807, 2.05) is 32.9 Å². The second-order valence-electron chi connectivity index (χ2n) is 4.41. The summed E-state index contributed by atoms with van der Waals surface area (Å²) < 4.78 is 6.82. The molecule has 0 radical (unpaired) electrons. The zero-order chi connectivity index (χ0) is 14.0. The largest absolute Gasteiger partial charge is 0.486 e. The van der Waals surface area contributed by atoms with Crippen LogP contribution in [0.15, 0.2) is 22.7 Å². The van der Waals surface area contributed by atoms with Crippen molar-refractivity contribution in [2.75, 3.05) is 0 Å². The highest BCUT2D eigenvalue weighted by Gasteiger charge is 2.05. The van der Waals surface area contributed by atoms with Gasteiger partial charge < -0.3 is 4.74 Å². The molecule has 0 aliphatic carbocycles. The minimum Gasteiger partial charge on any atom is -0.486 e. The highest BCUT2D eigenvalue weighted by Crippen LogP contribution is 2.26. The van der Waals surface area contributed by atoms with E-state index in [2.05, 4.69) is 25.9 Å². The van der Waals surface area contributed by atoms with Crippen molar-refractivity contribution in [3.05, 3.63) is 50.5 Å². The SMILES string of the molecule is Cc1cc(Cl)nc(COc2cc(C)c(Br)c(C)c2)n1. The first-order chi connectivity index (χ1) is 8.95. The Hall–Kier alpha value is -1.13. The topological polar surface area (TPSA) is 35.0 Å². The molecule has 3 nitrogen and oxygen atoms in total. The van der Waals surface area contributed by atoms with Crippen LogP contribution in [0.5, 0.6) is 5.75 Å². The van der Waals surface area contributed by atoms with Crippen LogP contribution < -0.4 is 4.74 Å². The number of rotatable bonds is 3. The smallest absolute Gasteiger partial charge is 0.167 e. The minimum absolute atomic E-state index is 0.307. The number of aromatic nitrogens is 2. The number of hydrogen-bond acceptors (Lipinski definition) is 3. The van der Waals surface area contributed by atoms with Crippen molar-refractivity contribution < 1.29 is 4.74 Å². The van der Waals surface area contributed by atoms with Crippen LogP contribution in [0.2, 0.25) is 5.15 Å². The molecule has 0 saturated heterocycles. The van der Waals surface area contributed by atoms with Crippen molar-refractivity contribution in [3.8, 4) is 5.75 Å². The number of ether oxygens (including phenoxy) is 1. The summed E-state index contributed by atoms with van der Waals surface area (Å²) in [6, 6.07) is 5.68. The fourth-order valence-electron chi connectivity index (χ4n) is 1.79. The van der Waals surface area contributed by atoms with Crippen molar-refractivity contribution in [3.63, 3.8) is 0 Å². The Bertz CT molecular complexity index is 573. The Morgan fingerprint density at radius 2 is 1.74 bits per heavy atom. The van der Waals surface area contributed by atoms with Crippen LogP contribution in [0.3, 0.4) is 0 Å². The summed E-state index contributed by atoms with van der Waals surface area (Å²) in [4.78, 5) is 8.41. The van der Waals surface area contributed by atoms with E-state index in [0.29, 0.717) is 17.6 Å². The molecule has 0 spiro atoms. The molecule has 0 aliphatic rings. The third kappa shape index (κ3) is 3.67. The zero-order valence-electron chi connectivity index (χ0n) is 11.0. The number of halogens is 2. The normalized spacial score (nSPS) is 10.6. The average Bonchev–Trinajstić information content (AvgIpc) is 2.32. The van der Waals surface area contributed by atoms with Gasteiger partial charge in [-0.15, -0.1) is 0 Å². The monoisotopic (exact) mass is 340 g/mol. The summed E-state index contributed by atoms with van der Waals surface area (Å²) in [7, 11) is 0. The maximum atomic E-state index is 5.89. The highest BCUT2D eigenvalue weighted by molar-refractivity contribution is 9.10. The Labute approximate surface area is 126 Å². The molecular weight excluding hydrogens is 328 g/mol. The molecule has 0 unspecified atom stereocenters. The van der Waals surface area contributed by atoms with Crippen molar-refractivity contribution >= 4 is 27.5 Å². The van der Waals surface area contributed by atoms with Crippen LogP contribution in [-0.2, 0) is 6.61 Å². The van der Waals surface area contributed by atoms with E-state index >= 15 is 0 Å². The Kier molecular flexibility index (Phi) is 4.42. The van der Waals surface area contributed by atoms with Crippen molar-refractivity contribution in [2.45, 2.75) is 27.4 Å². The van der Waals surface area contributed by atoms with Crippen LogP contribution >= 0.6 is 27.5 Å². The molecule has 1 aromatic heterocycles. The molecule has 2 aromatic rings. The van der Waals surface area contributed by atoms with E-state index < -0.39 is 0 Å². The third-order valence-corrected chi connectivity index (χ3v) is 4.09. The van der Waals surface area contributed by atoms with E-state index in [0.717, 1.165) is 27.0 Å². The zero-order valence-corrected chi connectivity index (χ0v) is 13.3. The van der Waals surface area contributed by atoms with E-state index in [1.54, 1.807) is 6.07 Å². The Balaban J connectivity index is 2.14. The van der Waals surface area contributed by atoms with Crippen molar-refractivity contribution in [1.29, 1.82) is 0 Å². The van der Waals surface area contributed by atoms with Gasteiger partial charge in [0.25, 0.3) is 0 Å². The molecule has 100 valence electrons. The molecule has 0 fully saturated rings. The van der Waals surface area contributed by atoms with Gasteiger partial charge in [0.05, 0.1) is 0 Å². The molecule has 2 rings (SSSR count). The van der Waals surface area contributed by atoms with Crippen molar-refractivity contribution in [2.24, 2.45) is 0 Å². The van der Waals surface area contributed by atoms with Gasteiger partial charge in [-0.2, -0.15) is 0 Å². The summed E-state index contributed by atoms with van der Waals surface area (Å²) in [5.41, 5.74) is 3.11. The molecule has 0 amide bonds. The summed E-state index contributed by atoms with van der Waals surface area (Å²) in [6.07, 6.45) is 0. The quantitative estimate of drug-likeness (QED) is 0.776. The lowest BCUT2D eigenvalue weighted by molar-refractivity contribution is 0.295. The first-order valence-corrected chi connectivity index (χ1v) is 7.02. The first-order valence-electron chi connectivity index (χ1n) is 5.85. The molecule has 0 saturated carbocycles. The van der Waals surface area contributed by atoms with Gasteiger partial charge in [-0.25, -0.2) is 9.97 Å². The first kappa shape index (κ1) is 14.3. The predicted octanol–water partition coefficient (Wildman–Crippen LogP) is 4.40. The lowest BCUT2D eigenvalue weighted by Gasteiger charge is -2.10. The van der Waals surface area contributed by atoms with Crippen LogP contribution in [-0.4, -0.2) is 9.97 Å². The summed E-state index contributed by atoms with van der Waals surface area (Å²) in [5.74, 6) is 1.39. The number of nitrogens with zero attached hydrogens (tertiary/aromatic N) is 2. The van der Waals surface area contributed by atoms with Gasteiger partial charge >= 0.3 is 0 Å². The molecule has 5 heteroatoms. The van der Waals surface area contributed by atoms with Gasteiger partial charge in [-0.1, -0.05) is 27.5 Å². The van der Waals surface area contributed by atoms with Gasteiger partial charge in [0.2, 0.25) is 0 Å². The van der Waals surface area contributed by atoms with E-state index in [1.165, 1.54) is 0 Å². The van der Waals surface area contributed by atoms with Crippen LogP contribution in [0.25, 0.3) is 0 Å². The van der Waals surface area contributed by atoms with E-state index in [9.17, 15) is 0 Å². The lowest BCUT2D eigenvalue weighted by Crippen LogP contribution is -2.03. The van der Waals surface area contributed by atoms with Gasteiger partial charge in [0.15, 0.2) is 5.82 Å². The Morgan fingerprint density at radius 1 is 1.11 bits per heavy atom. The summed E-state index contributed by atoms with van der Waals surface area (Å²) in [5, 5.41) is 0.439. The fraction of sp³-hybridized carbons (Fsp3) is 0.286. The average molecular weight is 342 g/mol. The van der Waals surface area contributed by atoms with Gasteiger partial charge in [-0.05, 0) is 50.1 Å². The molecule has 1 heterocycles. The van der Waals surface area contributed by atoms with Gasteiger partial charge in [-0.3, -0.25) is 0 Å². The van der Waals surface area contributed by atoms with Gasteiger partial charge in [0.1, 0.15) is 17.5 Å². The maximum Gasteiger partial charge on any atom is 0.167 e. The van der Waals surface area contributed by atoms with Crippen LogP contribution in [0, 0.1) is 20.8 Å².